The van der Waals surface area contributed by atoms with Crippen LogP contribution in [0.15, 0.2) is 30.3 Å². The van der Waals surface area contributed by atoms with E-state index in [0.29, 0.717) is 13.1 Å². The Labute approximate surface area is 192 Å². The molecule has 0 spiro atoms. The normalized spacial score (nSPS) is 26.2. The molecule has 0 bridgehead atoms. The molecule has 1 saturated carbocycles. The van der Waals surface area contributed by atoms with E-state index in [4.69, 9.17) is 0 Å². The quantitative estimate of drug-likeness (QED) is 0.464. The summed E-state index contributed by atoms with van der Waals surface area (Å²) in [6.07, 6.45) is -2.26. The van der Waals surface area contributed by atoms with Crippen LogP contribution in [0.5, 0.6) is 0 Å². The minimum atomic E-state index is -4.27. The molecule has 180 valence electrons. The van der Waals surface area contributed by atoms with Gasteiger partial charge in [-0.25, -0.2) is 4.79 Å². The van der Waals surface area contributed by atoms with Crippen LogP contribution in [0.2, 0.25) is 0 Å². The molecule has 1 saturated heterocycles. The van der Waals surface area contributed by atoms with Crippen LogP contribution in [0.3, 0.4) is 0 Å². The van der Waals surface area contributed by atoms with Crippen LogP contribution < -0.4 is 5.43 Å². The number of rotatable bonds is 7. The average Bonchev–Trinajstić information content (AvgIpc) is 3.26. The van der Waals surface area contributed by atoms with Crippen molar-refractivity contribution >= 4 is 24.3 Å². The van der Waals surface area contributed by atoms with Crippen molar-refractivity contribution in [1.29, 1.82) is 0 Å². The number of carbonyl (C=O) groups excluding carboxylic acids is 1. The summed E-state index contributed by atoms with van der Waals surface area (Å²) in [5.41, 5.74) is 3.66. The highest BCUT2D eigenvalue weighted by molar-refractivity contribution is 5.85. The van der Waals surface area contributed by atoms with E-state index in [-0.39, 0.29) is 48.6 Å². The van der Waals surface area contributed by atoms with Gasteiger partial charge >= 0.3 is 18.1 Å². The van der Waals surface area contributed by atoms with Gasteiger partial charge in [-0.1, -0.05) is 30.3 Å². The second-order valence-electron chi connectivity index (χ2n) is 8.79. The van der Waals surface area contributed by atoms with Crippen LogP contribution in [0, 0.1) is 5.92 Å². The van der Waals surface area contributed by atoms with Gasteiger partial charge in [0.25, 0.3) is 0 Å². The fraction of sp³-hybridized carbons (Fsp3) is 0.636. The number of hydrogen-bond donors (Lipinski definition) is 2. The first-order chi connectivity index (χ1) is 14.6. The fourth-order valence-electron chi connectivity index (χ4n) is 5.05. The molecular weight excluding hydrogens is 447 g/mol. The van der Waals surface area contributed by atoms with Gasteiger partial charge in [0.1, 0.15) is 12.6 Å². The number of alkyl halides is 3. The highest BCUT2D eigenvalue weighted by Crippen LogP contribution is 2.42. The highest BCUT2D eigenvalue weighted by atomic mass is 35.5. The lowest BCUT2D eigenvalue weighted by Crippen LogP contribution is -2.71. The van der Waals surface area contributed by atoms with Crippen LogP contribution in [-0.2, 0) is 16.0 Å². The lowest BCUT2D eigenvalue weighted by molar-refractivity contribution is -0.907. The summed E-state index contributed by atoms with van der Waals surface area (Å²) >= 11 is 0. The lowest BCUT2D eigenvalue weighted by Gasteiger charge is -2.48. The Kier molecular flexibility index (Phi) is 9.10. The number of hydrogen-bond acceptors (Lipinski definition) is 4. The van der Waals surface area contributed by atoms with Crippen LogP contribution in [0.1, 0.15) is 37.7 Å². The molecule has 3 rings (SSSR count). The molecule has 1 aromatic carbocycles. The minimum Gasteiger partial charge on any atom is -0.480 e. The van der Waals surface area contributed by atoms with Crippen molar-refractivity contribution in [2.24, 2.45) is 5.92 Å². The molecule has 1 aromatic rings. The summed E-state index contributed by atoms with van der Waals surface area (Å²) in [7, 11) is 1.62. The summed E-state index contributed by atoms with van der Waals surface area (Å²) in [5.74, 6) is -2.75. The molecular formula is C22H32ClF3N3O3+. The van der Waals surface area contributed by atoms with Gasteiger partial charge in [0.15, 0.2) is 0 Å². The largest absolute Gasteiger partial charge is 0.480 e. The predicted molar refractivity (Wildman–Crippen MR) is 116 cm³/mol. The van der Waals surface area contributed by atoms with E-state index in [2.05, 4.69) is 10.3 Å². The molecule has 4 atom stereocenters. The Bertz CT molecular complexity index is 775. The van der Waals surface area contributed by atoms with Crippen molar-refractivity contribution in [3.05, 3.63) is 35.9 Å². The molecule has 0 radical (unpaired) electrons. The van der Waals surface area contributed by atoms with Gasteiger partial charge in [0, 0.05) is 6.42 Å². The Hall–Kier alpha value is -1.68. The maximum Gasteiger partial charge on any atom is 0.391 e. The van der Waals surface area contributed by atoms with Gasteiger partial charge in [-0.3, -0.25) is 9.69 Å². The molecule has 2 N–H and O–H groups in total. The summed E-state index contributed by atoms with van der Waals surface area (Å²) in [5, 5.41) is 9.23. The van der Waals surface area contributed by atoms with E-state index in [1.807, 2.05) is 30.3 Å². The Morgan fingerprint density at radius 1 is 1.16 bits per heavy atom. The molecule has 1 aliphatic carbocycles. The third-order valence-corrected chi connectivity index (χ3v) is 6.79. The molecule has 1 heterocycles. The number of aliphatic carboxylic acids is 1. The molecule has 10 heteroatoms. The van der Waals surface area contributed by atoms with Gasteiger partial charge in [-0.15, -0.1) is 17.8 Å². The molecule has 1 amide bonds. The third-order valence-electron chi connectivity index (χ3n) is 6.79. The number of carboxylic acid groups (broad SMARTS) is 1. The van der Waals surface area contributed by atoms with E-state index in [1.54, 1.807) is 7.05 Å². The van der Waals surface area contributed by atoms with E-state index >= 15 is 0 Å². The van der Waals surface area contributed by atoms with Gasteiger partial charge < -0.3 is 5.11 Å². The standard InChI is InChI=1S/C22H30F3N3O3.ClH/c1-28(26-15-21(30)31,20(29)13-16-7-3-2-4-8-16)19-10-9-17(22(23,24)25)14-18(19)27-11-5-6-12-27;/h2-4,7-8,17-19,26H,5-6,9-15H2,1H3;1H/p+1/t17?,18-,19-,28?;/m0./s1. The second-order valence-corrected chi connectivity index (χ2v) is 8.79. The van der Waals surface area contributed by atoms with Crippen molar-refractivity contribution in [2.45, 2.75) is 56.8 Å². The summed E-state index contributed by atoms with van der Waals surface area (Å²) in [4.78, 5) is 26.8. The van der Waals surface area contributed by atoms with Crippen molar-refractivity contribution in [1.82, 2.24) is 10.3 Å². The zero-order valence-electron chi connectivity index (χ0n) is 18.2. The fourth-order valence-corrected chi connectivity index (χ4v) is 5.05. The molecule has 6 nitrogen and oxygen atoms in total. The second kappa shape index (κ2) is 11.0. The zero-order chi connectivity index (χ0) is 22.6. The monoisotopic (exact) mass is 478 g/mol. The first-order valence-electron chi connectivity index (χ1n) is 10.8. The summed E-state index contributed by atoms with van der Waals surface area (Å²) in [6.45, 7) is 0.970. The number of nitrogens with one attached hydrogen (secondary N) is 1. The summed E-state index contributed by atoms with van der Waals surface area (Å²) in [6, 6.07) is 8.22. The van der Waals surface area contributed by atoms with Gasteiger partial charge in [-0.2, -0.15) is 17.8 Å². The van der Waals surface area contributed by atoms with E-state index < -0.39 is 36.7 Å². The Morgan fingerprint density at radius 2 is 1.78 bits per heavy atom. The number of amides is 1. The lowest BCUT2D eigenvalue weighted by atomic mass is 9.80. The number of quaternary nitrogens is 1. The van der Waals surface area contributed by atoms with E-state index in [0.717, 1.165) is 18.4 Å². The van der Waals surface area contributed by atoms with Gasteiger partial charge in [0.05, 0.1) is 25.4 Å². The SMILES string of the molecule is C[N+](NCC(=O)O)(C(=O)Cc1ccccc1)[C@H]1CCC(C(F)(F)F)C[C@@H]1N1CCCC1.Cl. The predicted octanol–water partition coefficient (Wildman–Crippen LogP) is 3.41. The smallest absolute Gasteiger partial charge is 0.391 e. The average molecular weight is 479 g/mol. The zero-order valence-corrected chi connectivity index (χ0v) is 19.0. The van der Waals surface area contributed by atoms with E-state index in [1.165, 1.54) is 0 Å². The number of carboxylic acids is 1. The molecule has 2 aliphatic rings. The van der Waals surface area contributed by atoms with E-state index in [9.17, 15) is 27.9 Å². The van der Waals surface area contributed by atoms with Crippen molar-refractivity contribution in [3.63, 3.8) is 0 Å². The van der Waals surface area contributed by atoms with Gasteiger partial charge in [-0.05, 0) is 44.3 Å². The maximum absolute atomic E-state index is 13.5. The first kappa shape index (κ1) is 26.6. The number of benzene rings is 1. The molecule has 32 heavy (non-hydrogen) atoms. The number of nitrogens with zero attached hydrogens (tertiary/aromatic N) is 2. The van der Waals surface area contributed by atoms with Crippen molar-refractivity contribution in [3.8, 4) is 0 Å². The molecule has 2 unspecified atom stereocenters. The van der Waals surface area contributed by atoms with Crippen LogP contribution in [-0.4, -0.2) is 71.4 Å². The molecule has 0 aromatic heterocycles. The van der Waals surface area contributed by atoms with Crippen LogP contribution in [0.25, 0.3) is 0 Å². The number of likely N-dealkylation sites (tertiary alicyclic amines) is 1. The molecule has 1 aliphatic heterocycles. The summed E-state index contributed by atoms with van der Waals surface area (Å²) < 4.78 is 40.2. The maximum atomic E-state index is 13.5. The first-order valence-corrected chi connectivity index (χ1v) is 10.8. The van der Waals surface area contributed by atoms with Crippen molar-refractivity contribution in [2.75, 3.05) is 26.7 Å². The number of likely N-dealkylation sites (N-methyl/N-ethyl adjacent to an activating group) is 1. The number of halogens is 4. The number of carbonyl (C=O) groups is 2. The Morgan fingerprint density at radius 3 is 2.34 bits per heavy atom. The van der Waals surface area contributed by atoms with Crippen LogP contribution >= 0.6 is 12.4 Å². The third kappa shape index (κ3) is 6.21. The highest BCUT2D eigenvalue weighted by Gasteiger charge is 2.54. The molecule has 2 fully saturated rings. The Balaban J connectivity index is 0.00000363. The minimum absolute atomic E-state index is 0. The topological polar surface area (TPSA) is 69.6 Å². The van der Waals surface area contributed by atoms with Crippen LogP contribution in [0.4, 0.5) is 13.2 Å². The van der Waals surface area contributed by atoms with Gasteiger partial charge in [0.2, 0.25) is 0 Å². The van der Waals surface area contributed by atoms with Crippen molar-refractivity contribution < 1.29 is 32.5 Å².